The van der Waals surface area contributed by atoms with E-state index in [4.69, 9.17) is 27.6 Å². The minimum Gasteiger partial charge on any atom is -0.440 e. The van der Waals surface area contributed by atoms with E-state index in [0.717, 1.165) is 0 Å². The Bertz CT molecular complexity index is 522. The van der Waals surface area contributed by atoms with E-state index in [1.54, 1.807) is 24.3 Å². The van der Waals surface area contributed by atoms with Crippen LogP contribution in [0.3, 0.4) is 0 Å². The average molecular weight is 256 g/mol. The van der Waals surface area contributed by atoms with Crippen molar-refractivity contribution < 1.29 is 9.21 Å². The molecule has 0 unspecified atom stereocenters. The highest BCUT2D eigenvalue weighted by Gasteiger charge is 2.10. The number of furan rings is 1. The molecule has 1 amide bonds. The van der Waals surface area contributed by atoms with E-state index in [0.29, 0.717) is 10.7 Å². The number of nitrogens with one attached hydrogen (secondary N) is 1. The summed E-state index contributed by atoms with van der Waals surface area (Å²) in [6.45, 7) is 0. The van der Waals surface area contributed by atoms with Gasteiger partial charge in [-0.2, -0.15) is 0 Å². The highest BCUT2D eigenvalue weighted by atomic mass is 35.5. The van der Waals surface area contributed by atoms with E-state index in [-0.39, 0.29) is 16.9 Å². The largest absolute Gasteiger partial charge is 0.440 e. The molecule has 0 aliphatic heterocycles. The summed E-state index contributed by atoms with van der Waals surface area (Å²) in [5.74, 6) is -0.209. The molecule has 0 aliphatic rings. The molecule has 1 N–H and O–H groups in total. The zero-order chi connectivity index (χ0) is 11.5. The summed E-state index contributed by atoms with van der Waals surface area (Å²) >= 11 is 11.3. The molecule has 1 aromatic heterocycles. The molecule has 0 saturated carbocycles. The van der Waals surface area contributed by atoms with E-state index < -0.39 is 0 Å². The number of amides is 1. The Hall–Kier alpha value is -1.45. The molecular weight excluding hydrogens is 249 g/mol. The Kier molecular flexibility index (Phi) is 3.17. The molecule has 1 aromatic carbocycles. The molecule has 0 atom stereocenters. The van der Waals surface area contributed by atoms with Crippen LogP contribution in [-0.4, -0.2) is 5.91 Å². The lowest BCUT2D eigenvalue weighted by Gasteiger charge is -2.02. The van der Waals surface area contributed by atoms with Crippen LogP contribution in [0, 0.1) is 0 Å². The van der Waals surface area contributed by atoms with Crippen LogP contribution in [0.15, 0.2) is 40.8 Å². The van der Waals surface area contributed by atoms with Crippen LogP contribution in [-0.2, 0) is 0 Å². The molecule has 0 bridgehead atoms. The van der Waals surface area contributed by atoms with Gasteiger partial charge in [0.05, 0.1) is 0 Å². The van der Waals surface area contributed by atoms with Gasteiger partial charge >= 0.3 is 0 Å². The van der Waals surface area contributed by atoms with Crippen molar-refractivity contribution in [2.75, 3.05) is 5.32 Å². The first-order valence-electron chi connectivity index (χ1n) is 4.47. The van der Waals surface area contributed by atoms with Gasteiger partial charge in [0.1, 0.15) is 0 Å². The van der Waals surface area contributed by atoms with Crippen molar-refractivity contribution in [1.82, 2.24) is 0 Å². The van der Waals surface area contributed by atoms with Crippen LogP contribution >= 0.6 is 23.2 Å². The van der Waals surface area contributed by atoms with E-state index in [2.05, 4.69) is 5.32 Å². The van der Waals surface area contributed by atoms with Crippen molar-refractivity contribution in [1.29, 1.82) is 0 Å². The Labute approximate surface area is 102 Å². The van der Waals surface area contributed by atoms with Gasteiger partial charge in [-0.05, 0) is 41.9 Å². The molecule has 0 aliphatic carbocycles. The highest BCUT2D eigenvalue weighted by molar-refractivity contribution is 6.31. The molecule has 2 aromatic rings. The molecule has 2 rings (SSSR count). The standard InChI is InChI=1S/C11H7Cl2NO2/c12-7-2-1-3-8(6-7)14-11(15)9-4-5-10(13)16-9/h1-6H,(H,14,15). The monoisotopic (exact) mass is 255 g/mol. The fourth-order valence-electron chi connectivity index (χ4n) is 1.20. The summed E-state index contributed by atoms with van der Waals surface area (Å²) in [4.78, 5) is 11.6. The average Bonchev–Trinajstić information content (AvgIpc) is 2.65. The Morgan fingerprint density at radius 2 is 2.00 bits per heavy atom. The number of hydrogen-bond acceptors (Lipinski definition) is 2. The third-order valence-corrected chi connectivity index (χ3v) is 2.32. The number of benzene rings is 1. The highest BCUT2D eigenvalue weighted by Crippen LogP contribution is 2.17. The Balaban J connectivity index is 2.13. The van der Waals surface area contributed by atoms with Crippen LogP contribution in [0.1, 0.15) is 10.6 Å². The van der Waals surface area contributed by atoms with E-state index in [1.165, 1.54) is 12.1 Å². The van der Waals surface area contributed by atoms with E-state index in [1.807, 2.05) is 0 Å². The lowest BCUT2D eigenvalue weighted by molar-refractivity contribution is 0.0997. The van der Waals surface area contributed by atoms with Gasteiger partial charge in [0.15, 0.2) is 11.0 Å². The molecule has 16 heavy (non-hydrogen) atoms. The van der Waals surface area contributed by atoms with Crippen molar-refractivity contribution in [2.45, 2.75) is 0 Å². The molecule has 1 heterocycles. The molecular formula is C11H7Cl2NO2. The number of halogens is 2. The number of anilines is 1. The van der Waals surface area contributed by atoms with Gasteiger partial charge in [0.25, 0.3) is 5.91 Å². The van der Waals surface area contributed by atoms with Crippen molar-refractivity contribution in [3.63, 3.8) is 0 Å². The second-order valence-electron chi connectivity index (χ2n) is 3.07. The fraction of sp³-hybridized carbons (Fsp3) is 0. The van der Waals surface area contributed by atoms with Crippen LogP contribution < -0.4 is 5.32 Å². The number of hydrogen-bond donors (Lipinski definition) is 1. The van der Waals surface area contributed by atoms with Crippen LogP contribution in [0.4, 0.5) is 5.69 Å². The maximum absolute atomic E-state index is 11.6. The van der Waals surface area contributed by atoms with Gasteiger partial charge in [0, 0.05) is 10.7 Å². The smallest absolute Gasteiger partial charge is 0.291 e. The molecule has 3 nitrogen and oxygen atoms in total. The first-order chi connectivity index (χ1) is 7.65. The zero-order valence-electron chi connectivity index (χ0n) is 8.04. The summed E-state index contributed by atoms with van der Waals surface area (Å²) in [7, 11) is 0. The second-order valence-corrected chi connectivity index (χ2v) is 3.88. The SMILES string of the molecule is O=C(Nc1cccc(Cl)c1)c1ccc(Cl)o1. The van der Waals surface area contributed by atoms with Crippen LogP contribution in [0.5, 0.6) is 0 Å². The van der Waals surface area contributed by atoms with Crippen molar-refractivity contribution >= 4 is 34.8 Å². The van der Waals surface area contributed by atoms with E-state index >= 15 is 0 Å². The lowest BCUT2D eigenvalue weighted by atomic mass is 10.3. The number of rotatable bonds is 2. The minimum absolute atomic E-state index is 0.157. The topological polar surface area (TPSA) is 42.2 Å². The third-order valence-electron chi connectivity index (χ3n) is 1.88. The quantitative estimate of drug-likeness (QED) is 0.886. The summed E-state index contributed by atoms with van der Waals surface area (Å²) in [6, 6.07) is 9.85. The predicted molar refractivity (Wildman–Crippen MR) is 63.1 cm³/mol. The Morgan fingerprint density at radius 1 is 1.19 bits per heavy atom. The molecule has 0 spiro atoms. The van der Waals surface area contributed by atoms with Gasteiger partial charge in [-0.15, -0.1) is 0 Å². The molecule has 82 valence electrons. The maximum atomic E-state index is 11.6. The first-order valence-corrected chi connectivity index (χ1v) is 5.23. The lowest BCUT2D eigenvalue weighted by Crippen LogP contribution is -2.10. The predicted octanol–water partition coefficient (Wildman–Crippen LogP) is 3.84. The maximum Gasteiger partial charge on any atom is 0.291 e. The second kappa shape index (κ2) is 4.60. The first kappa shape index (κ1) is 11.0. The van der Waals surface area contributed by atoms with Gasteiger partial charge in [0.2, 0.25) is 0 Å². The van der Waals surface area contributed by atoms with Gasteiger partial charge < -0.3 is 9.73 Å². The van der Waals surface area contributed by atoms with Gasteiger partial charge in [-0.3, -0.25) is 4.79 Å². The van der Waals surface area contributed by atoms with Crippen LogP contribution in [0.2, 0.25) is 10.2 Å². The molecule has 0 fully saturated rings. The number of carbonyl (C=O) groups is 1. The normalized spacial score (nSPS) is 10.1. The van der Waals surface area contributed by atoms with Crippen molar-refractivity contribution in [3.8, 4) is 0 Å². The number of carbonyl (C=O) groups excluding carboxylic acids is 1. The van der Waals surface area contributed by atoms with Crippen LogP contribution in [0.25, 0.3) is 0 Å². The third kappa shape index (κ3) is 2.56. The summed E-state index contributed by atoms with van der Waals surface area (Å²) < 4.78 is 4.97. The van der Waals surface area contributed by atoms with Gasteiger partial charge in [-0.1, -0.05) is 17.7 Å². The summed E-state index contributed by atoms with van der Waals surface area (Å²) in [5, 5.41) is 3.36. The van der Waals surface area contributed by atoms with Gasteiger partial charge in [-0.25, -0.2) is 0 Å². The fourth-order valence-corrected chi connectivity index (χ4v) is 1.53. The zero-order valence-corrected chi connectivity index (χ0v) is 9.55. The summed E-state index contributed by atoms with van der Waals surface area (Å²) in [5.41, 5.74) is 0.602. The molecule has 0 saturated heterocycles. The summed E-state index contributed by atoms with van der Waals surface area (Å²) in [6.07, 6.45) is 0. The van der Waals surface area contributed by atoms with E-state index in [9.17, 15) is 4.79 Å². The Morgan fingerprint density at radius 3 is 2.62 bits per heavy atom. The molecule has 5 heteroatoms. The molecule has 0 radical (unpaired) electrons. The minimum atomic E-state index is -0.367. The van der Waals surface area contributed by atoms with Crippen molar-refractivity contribution in [2.24, 2.45) is 0 Å². The van der Waals surface area contributed by atoms with Crippen molar-refractivity contribution in [3.05, 3.63) is 52.4 Å².